The van der Waals surface area contributed by atoms with Crippen LogP contribution in [-0.2, 0) is 14.3 Å². The van der Waals surface area contributed by atoms with Crippen LogP contribution in [0.3, 0.4) is 0 Å². The summed E-state index contributed by atoms with van der Waals surface area (Å²) in [4.78, 5) is 27.7. The number of hydrogen-bond donors (Lipinski definition) is 0. The van der Waals surface area contributed by atoms with Gasteiger partial charge in [0.25, 0.3) is 0 Å². The summed E-state index contributed by atoms with van der Waals surface area (Å²) >= 11 is 3.41. The number of pyridine rings is 1. The first-order chi connectivity index (χ1) is 9.10. The maximum Gasteiger partial charge on any atom is 0.339 e. The number of rotatable bonds is 2. The van der Waals surface area contributed by atoms with Crippen LogP contribution in [0.5, 0.6) is 0 Å². The largest absolute Gasteiger partial charge is 0.469 e. The summed E-state index contributed by atoms with van der Waals surface area (Å²) in [7, 11) is 2.62. The van der Waals surface area contributed by atoms with Gasteiger partial charge in [-0.1, -0.05) is 22.0 Å². The van der Waals surface area contributed by atoms with Crippen LogP contribution >= 0.6 is 15.9 Å². The summed E-state index contributed by atoms with van der Waals surface area (Å²) in [5, 5.41) is 0. The lowest BCUT2D eigenvalue weighted by molar-refractivity contribution is -0.142. The van der Waals surface area contributed by atoms with E-state index in [2.05, 4.69) is 20.9 Å². The molecule has 1 unspecified atom stereocenters. The Morgan fingerprint density at radius 1 is 1.32 bits per heavy atom. The van der Waals surface area contributed by atoms with E-state index >= 15 is 0 Å². The van der Waals surface area contributed by atoms with Crippen molar-refractivity contribution in [2.75, 3.05) is 14.2 Å². The van der Waals surface area contributed by atoms with E-state index in [0.717, 1.165) is 4.48 Å². The minimum atomic E-state index is -0.515. The van der Waals surface area contributed by atoms with Crippen molar-refractivity contribution in [2.24, 2.45) is 0 Å². The second-order valence-corrected chi connectivity index (χ2v) is 4.86. The van der Waals surface area contributed by atoms with Crippen molar-refractivity contribution in [3.8, 4) is 0 Å². The molecule has 19 heavy (non-hydrogen) atoms. The third-order valence-electron chi connectivity index (χ3n) is 3.02. The van der Waals surface area contributed by atoms with Gasteiger partial charge in [-0.25, -0.2) is 4.79 Å². The molecule has 1 atom stereocenters. The molecule has 0 spiro atoms. The molecule has 100 valence electrons. The van der Waals surface area contributed by atoms with Gasteiger partial charge in [0.1, 0.15) is 0 Å². The minimum Gasteiger partial charge on any atom is -0.469 e. The Labute approximate surface area is 118 Å². The smallest absolute Gasteiger partial charge is 0.339 e. The molecule has 0 aromatic carbocycles. The van der Waals surface area contributed by atoms with Gasteiger partial charge in [0.2, 0.25) is 0 Å². The Morgan fingerprint density at radius 2 is 2.05 bits per heavy atom. The molecule has 1 aliphatic rings. The Bertz CT molecular complexity index is 568. The lowest BCUT2D eigenvalue weighted by Gasteiger charge is -2.23. The Balaban J connectivity index is 2.63. The van der Waals surface area contributed by atoms with Gasteiger partial charge in [-0.2, -0.15) is 0 Å². The summed E-state index contributed by atoms with van der Waals surface area (Å²) < 4.78 is 10.3. The van der Waals surface area contributed by atoms with Gasteiger partial charge in [-0.3, -0.25) is 9.78 Å². The zero-order valence-electron chi connectivity index (χ0n) is 10.5. The number of ether oxygens (including phenoxy) is 2. The monoisotopic (exact) mass is 325 g/mol. The number of nitrogens with zero attached hydrogens (tertiary/aromatic N) is 1. The number of carbonyl (C=O) groups excluding carboxylic acids is 2. The van der Waals surface area contributed by atoms with Crippen LogP contribution in [0.4, 0.5) is 0 Å². The molecule has 0 saturated carbocycles. The molecule has 1 aromatic rings. The summed E-state index contributed by atoms with van der Waals surface area (Å²) in [6.07, 6.45) is 5.35. The van der Waals surface area contributed by atoms with E-state index in [4.69, 9.17) is 9.47 Å². The fourth-order valence-corrected chi connectivity index (χ4v) is 2.62. The van der Waals surface area contributed by atoms with Crippen LogP contribution < -0.4 is 0 Å². The van der Waals surface area contributed by atoms with Crippen molar-refractivity contribution in [3.05, 3.63) is 35.2 Å². The van der Waals surface area contributed by atoms with Gasteiger partial charge in [0.05, 0.1) is 25.7 Å². The third kappa shape index (κ3) is 2.40. The number of halogens is 1. The highest BCUT2D eigenvalue weighted by atomic mass is 79.9. The van der Waals surface area contributed by atoms with E-state index in [1.807, 2.05) is 6.08 Å². The van der Waals surface area contributed by atoms with Crippen molar-refractivity contribution in [1.29, 1.82) is 0 Å². The van der Waals surface area contributed by atoms with Crippen LogP contribution in [0.2, 0.25) is 0 Å². The van der Waals surface area contributed by atoms with Crippen LogP contribution in [0.25, 0.3) is 4.48 Å². The Morgan fingerprint density at radius 3 is 2.68 bits per heavy atom. The molecule has 5 nitrogen and oxygen atoms in total. The number of aromatic nitrogens is 1. The topological polar surface area (TPSA) is 65.5 Å². The van der Waals surface area contributed by atoms with Crippen LogP contribution in [0.15, 0.2) is 18.5 Å². The molecule has 0 fully saturated rings. The highest BCUT2D eigenvalue weighted by molar-refractivity contribution is 9.15. The van der Waals surface area contributed by atoms with Crippen LogP contribution in [-0.4, -0.2) is 31.1 Å². The first-order valence-electron chi connectivity index (χ1n) is 5.60. The fraction of sp³-hybridized carbons (Fsp3) is 0.308. The van der Waals surface area contributed by atoms with E-state index < -0.39 is 11.9 Å². The molecule has 0 saturated heterocycles. The Hall–Kier alpha value is -1.69. The van der Waals surface area contributed by atoms with Crippen LogP contribution in [0.1, 0.15) is 33.8 Å². The summed E-state index contributed by atoms with van der Waals surface area (Å²) in [6.45, 7) is 0. The standard InChI is InChI=1S/C13H12BrNO4/c1-18-12(16)7-3-4-10(14)8-5-15-6-9(11(7)8)13(17)19-2/h4-7H,3H2,1-2H3. The van der Waals surface area contributed by atoms with Gasteiger partial charge in [-0.05, 0) is 12.0 Å². The van der Waals surface area contributed by atoms with Crippen molar-refractivity contribution < 1.29 is 19.1 Å². The average molecular weight is 326 g/mol. The molecule has 0 N–H and O–H groups in total. The molecule has 0 radical (unpaired) electrons. The number of methoxy groups -OCH3 is 2. The number of carbonyl (C=O) groups is 2. The van der Waals surface area contributed by atoms with E-state index in [1.165, 1.54) is 20.4 Å². The number of hydrogen-bond acceptors (Lipinski definition) is 5. The van der Waals surface area contributed by atoms with Gasteiger partial charge < -0.3 is 9.47 Å². The van der Waals surface area contributed by atoms with E-state index in [0.29, 0.717) is 23.1 Å². The van der Waals surface area contributed by atoms with Gasteiger partial charge in [0, 0.05) is 22.4 Å². The molecule has 1 aromatic heterocycles. The molecular weight excluding hydrogens is 314 g/mol. The van der Waals surface area contributed by atoms with E-state index in [-0.39, 0.29) is 5.97 Å². The second kappa shape index (κ2) is 5.52. The molecular formula is C13H12BrNO4. The second-order valence-electron chi connectivity index (χ2n) is 4.00. The van der Waals surface area contributed by atoms with Gasteiger partial charge >= 0.3 is 11.9 Å². The van der Waals surface area contributed by atoms with Crippen molar-refractivity contribution >= 4 is 32.4 Å². The summed E-state index contributed by atoms with van der Waals surface area (Å²) in [6, 6.07) is 0. The third-order valence-corrected chi connectivity index (χ3v) is 3.77. The van der Waals surface area contributed by atoms with E-state index in [9.17, 15) is 9.59 Å². The molecule has 6 heteroatoms. The molecule has 1 aliphatic carbocycles. The van der Waals surface area contributed by atoms with Crippen LogP contribution in [0, 0.1) is 0 Å². The molecule has 1 heterocycles. The normalized spacial score (nSPS) is 17.2. The zero-order chi connectivity index (χ0) is 14.0. The number of esters is 2. The predicted molar refractivity (Wildman–Crippen MR) is 71.9 cm³/mol. The van der Waals surface area contributed by atoms with Gasteiger partial charge in [0.15, 0.2) is 0 Å². The first kappa shape index (κ1) is 13.7. The SMILES string of the molecule is COC(=O)c1cncc2c1C(C(=O)OC)CC=C2Br. The zero-order valence-corrected chi connectivity index (χ0v) is 12.1. The number of allylic oxidation sites excluding steroid dienone is 1. The average Bonchev–Trinajstić information content (AvgIpc) is 2.45. The molecule has 0 amide bonds. The quantitative estimate of drug-likeness (QED) is 0.780. The predicted octanol–water partition coefficient (Wildman–Crippen LogP) is 2.26. The van der Waals surface area contributed by atoms with Crippen molar-refractivity contribution in [2.45, 2.75) is 12.3 Å². The lowest BCUT2D eigenvalue weighted by atomic mass is 9.85. The maximum absolute atomic E-state index is 11.9. The molecule has 0 bridgehead atoms. The van der Waals surface area contributed by atoms with Gasteiger partial charge in [-0.15, -0.1) is 0 Å². The first-order valence-corrected chi connectivity index (χ1v) is 6.39. The molecule has 0 aliphatic heterocycles. The lowest BCUT2D eigenvalue weighted by Crippen LogP contribution is -2.21. The number of fused-ring (bicyclic) bond motifs is 1. The maximum atomic E-state index is 11.9. The van der Waals surface area contributed by atoms with Crippen molar-refractivity contribution in [3.63, 3.8) is 0 Å². The summed E-state index contributed by atoms with van der Waals surface area (Å²) in [5.41, 5.74) is 1.60. The highest BCUT2D eigenvalue weighted by Gasteiger charge is 2.32. The van der Waals surface area contributed by atoms with Crippen molar-refractivity contribution in [1.82, 2.24) is 4.98 Å². The molecule has 2 rings (SSSR count). The minimum absolute atomic E-state index is 0.292. The highest BCUT2D eigenvalue weighted by Crippen LogP contribution is 2.39. The fourth-order valence-electron chi connectivity index (χ4n) is 2.11. The summed E-state index contributed by atoms with van der Waals surface area (Å²) in [5.74, 6) is -1.41. The Kier molecular flexibility index (Phi) is 3.99. The van der Waals surface area contributed by atoms with E-state index in [1.54, 1.807) is 6.20 Å².